The van der Waals surface area contributed by atoms with E-state index in [1.807, 2.05) is 0 Å². The Labute approximate surface area is 224 Å². The van der Waals surface area contributed by atoms with Crippen molar-refractivity contribution >= 4 is 34.1 Å². The van der Waals surface area contributed by atoms with Gasteiger partial charge in [0.2, 0.25) is 0 Å². The highest BCUT2D eigenvalue weighted by atomic mass is 15.1. The summed E-state index contributed by atoms with van der Waals surface area (Å²) in [5, 5.41) is 0. The minimum Gasteiger partial charge on any atom is -0.310 e. The Morgan fingerprint density at radius 3 is 1.24 bits per heavy atom. The first-order chi connectivity index (χ1) is 18.9. The van der Waals surface area contributed by atoms with Gasteiger partial charge in [0.05, 0.1) is 0 Å². The average molecular weight is 490 g/mol. The second kappa shape index (κ2) is 11.0. The largest absolute Gasteiger partial charge is 0.310 e. The molecule has 0 aliphatic carbocycles. The topological polar surface area (TPSA) is 7.68 Å². The molecule has 1 N–H and O–H groups in total. The van der Waals surface area contributed by atoms with E-state index in [0.29, 0.717) is 0 Å². The van der Waals surface area contributed by atoms with Crippen LogP contribution in [0.25, 0.3) is 11.1 Å². The molecule has 6 aromatic rings. The number of hydrogen-bond acceptors (Lipinski definition) is 1. The van der Waals surface area contributed by atoms with E-state index in [9.17, 15) is 0 Å². The Kier molecular flexibility index (Phi) is 6.80. The molecule has 0 amide bonds. The summed E-state index contributed by atoms with van der Waals surface area (Å²) >= 11 is 0. The van der Waals surface area contributed by atoms with Crippen LogP contribution in [0.2, 0.25) is 0 Å². The van der Waals surface area contributed by atoms with Gasteiger partial charge in [-0.25, -0.2) is 4.90 Å². The van der Waals surface area contributed by atoms with Crippen LogP contribution in [0.15, 0.2) is 170 Å². The van der Waals surface area contributed by atoms with Crippen molar-refractivity contribution in [2.24, 2.45) is 0 Å². The minimum atomic E-state index is 1.13. The molecule has 182 valence electrons. The predicted molar refractivity (Wildman–Crippen MR) is 159 cm³/mol. The van der Waals surface area contributed by atoms with Crippen LogP contribution in [0.5, 0.6) is 0 Å². The van der Waals surface area contributed by atoms with Crippen LogP contribution in [-0.4, -0.2) is 0 Å². The molecular formula is C36H29N2+. The second-order valence-corrected chi connectivity index (χ2v) is 9.24. The van der Waals surface area contributed by atoms with Gasteiger partial charge >= 0.3 is 0 Å². The van der Waals surface area contributed by atoms with Crippen molar-refractivity contribution < 1.29 is 4.90 Å². The number of rotatable bonds is 7. The Hall–Kier alpha value is -4.92. The van der Waals surface area contributed by atoms with Crippen molar-refractivity contribution in [2.75, 3.05) is 4.90 Å². The van der Waals surface area contributed by atoms with Crippen molar-refractivity contribution in [3.63, 3.8) is 0 Å². The van der Waals surface area contributed by atoms with Gasteiger partial charge in [-0.05, 0) is 77.9 Å². The first-order valence-corrected chi connectivity index (χ1v) is 13.0. The normalized spacial score (nSPS) is 10.9. The monoisotopic (exact) mass is 489 g/mol. The molecule has 6 rings (SSSR count). The van der Waals surface area contributed by atoms with Crippen LogP contribution in [-0.2, 0) is 0 Å². The van der Waals surface area contributed by atoms with Crippen LogP contribution < -0.4 is 9.80 Å². The van der Waals surface area contributed by atoms with Crippen molar-refractivity contribution in [2.45, 2.75) is 0 Å². The number of nitrogens with one attached hydrogen (secondary N) is 1. The summed E-state index contributed by atoms with van der Waals surface area (Å²) < 4.78 is 0. The third-order valence-electron chi connectivity index (χ3n) is 6.74. The molecule has 6 aromatic carbocycles. The van der Waals surface area contributed by atoms with Crippen molar-refractivity contribution in [1.29, 1.82) is 0 Å². The summed E-state index contributed by atoms with van der Waals surface area (Å²) in [7, 11) is 0. The number of benzene rings is 6. The fraction of sp³-hybridized carbons (Fsp3) is 0. The molecule has 0 atom stereocenters. The molecule has 0 saturated heterocycles. The molecule has 0 unspecified atom stereocenters. The Bertz CT molecular complexity index is 1390. The number of nitrogens with zero attached hydrogens (tertiary/aromatic N) is 1. The van der Waals surface area contributed by atoms with Crippen LogP contribution >= 0.6 is 0 Å². The van der Waals surface area contributed by atoms with Gasteiger partial charge in [-0.1, -0.05) is 97.1 Å². The van der Waals surface area contributed by atoms with E-state index in [1.54, 1.807) is 0 Å². The number of quaternary nitrogens is 1. The van der Waals surface area contributed by atoms with E-state index in [0.717, 1.165) is 17.1 Å². The van der Waals surface area contributed by atoms with Gasteiger partial charge in [-0.15, -0.1) is 0 Å². The molecule has 0 heterocycles. The van der Waals surface area contributed by atoms with E-state index in [4.69, 9.17) is 0 Å². The van der Waals surface area contributed by atoms with E-state index in [-0.39, 0.29) is 0 Å². The van der Waals surface area contributed by atoms with Crippen LogP contribution in [0.1, 0.15) is 0 Å². The molecule has 2 nitrogen and oxygen atoms in total. The molecule has 0 saturated carbocycles. The SMILES string of the molecule is c1ccc(N(c2ccccc2)c2cccc(-c3cccc([NH+](c4ccccc4)c4ccccc4)c3)c2)cc1. The van der Waals surface area contributed by atoms with E-state index < -0.39 is 0 Å². The number of anilines is 3. The summed E-state index contributed by atoms with van der Waals surface area (Å²) in [6.45, 7) is 0. The Balaban J connectivity index is 1.43. The van der Waals surface area contributed by atoms with Crippen LogP contribution in [0, 0.1) is 0 Å². The summed E-state index contributed by atoms with van der Waals surface area (Å²) in [4.78, 5) is 3.54. The Morgan fingerprint density at radius 2 is 0.711 bits per heavy atom. The van der Waals surface area contributed by atoms with Gasteiger partial charge in [0, 0.05) is 23.1 Å². The van der Waals surface area contributed by atoms with Gasteiger partial charge in [0.15, 0.2) is 0 Å². The molecule has 0 bridgehead atoms. The maximum absolute atomic E-state index is 2.31. The molecule has 0 aliphatic heterocycles. The Morgan fingerprint density at radius 1 is 0.316 bits per heavy atom. The average Bonchev–Trinajstić information content (AvgIpc) is 3.00. The lowest BCUT2D eigenvalue weighted by Gasteiger charge is -2.26. The molecule has 0 aromatic heterocycles. The van der Waals surface area contributed by atoms with Gasteiger partial charge in [-0.3, -0.25) is 0 Å². The van der Waals surface area contributed by atoms with Crippen LogP contribution in [0.4, 0.5) is 34.1 Å². The minimum absolute atomic E-state index is 1.13. The van der Waals surface area contributed by atoms with Gasteiger partial charge in [-0.2, -0.15) is 0 Å². The maximum atomic E-state index is 2.31. The van der Waals surface area contributed by atoms with E-state index in [1.165, 1.54) is 33.1 Å². The van der Waals surface area contributed by atoms with Crippen molar-refractivity contribution in [3.8, 4) is 11.1 Å². The molecule has 2 heteroatoms. The highest BCUT2D eigenvalue weighted by Gasteiger charge is 2.19. The van der Waals surface area contributed by atoms with E-state index in [2.05, 4.69) is 175 Å². The summed E-state index contributed by atoms with van der Waals surface area (Å²) in [5.41, 5.74) is 9.39. The molecule has 0 radical (unpaired) electrons. The fourth-order valence-corrected chi connectivity index (χ4v) is 4.99. The quantitative estimate of drug-likeness (QED) is 0.235. The molecule has 0 aliphatic rings. The third-order valence-corrected chi connectivity index (χ3v) is 6.74. The number of para-hydroxylation sites is 4. The third kappa shape index (κ3) is 4.99. The molecule has 38 heavy (non-hydrogen) atoms. The lowest BCUT2D eigenvalue weighted by atomic mass is 10.0. The van der Waals surface area contributed by atoms with Gasteiger partial charge in [0.25, 0.3) is 0 Å². The zero-order valence-electron chi connectivity index (χ0n) is 21.1. The summed E-state index contributed by atoms with van der Waals surface area (Å²) in [6, 6.07) is 60.1. The predicted octanol–water partition coefficient (Wildman–Crippen LogP) is 9.00. The maximum Gasteiger partial charge on any atom is 0.141 e. The van der Waals surface area contributed by atoms with Gasteiger partial charge < -0.3 is 4.90 Å². The second-order valence-electron chi connectivity index (χ2n) is 9.24. The zero-order valence-corrected chi connectivity index (χ0v) is 21.1. The molecular weight excluding hydrogens is 460 g/mol. The van der Waals surface area contributed by atoms with Crippen LogP contribution in [0.3, 0.4) is 0 Å². The van der Waals surface area contributed by atoms with Crippen molar-refractivity contribution in [1.82, 2.24) is 0 Å². The van der Waals surface area contributed by atoms with Gasteiger partial charge in [0.1, 0.15) is 17.1 Å². The first kappa shape index (κ1) is 23.5. The molecule has 0 fully saturated rings. The lowest BCUT2D eigenvalue weighted by Crippen LogP contribution is -2.96. The number of hydrogen-bond donors (Lipinski definition) is 1. The molecule has 0 spiro atoms. The van der Waals surface area contributed by atoms with E-state index >= 15 is 0 Å². The smallest absolute Gasteiger partial charge is 0.141 e. The highest BCUT2D eigenvalue weighted by molar-refractivity contribution is 5.80. The van der Waals surface area contributed by atoms with Crippen molar-refractivity contribution in [3.05, 3.63) is 170 Å². The fourth-order valence-electron chi connectivity index (χ4n) is 4.99. The summed E-state index contributed by atoms with van der Waals surface area (Å²) in [5.74, 6) is 0. The summed E-state index contributed by atoms with van der Waals surface area (Å²) in [6.07, 6.45) is 0. The zero-order chi connectivity index (χ0) is 25.6. The highest BCUT2D eigenvalue weighted by Crippen LogP contribution is 2.36. The first-order valence-electron chi connectivity index (χ1n) is 13.0. The standard InChI is InChI=1S/C36H28N2/c1-5-17-31(18-6-1)37(32-19-7-2-8-20-32)35-25-13-15-29(27-35)30-16-14-26-36(28-30)38(33-21-9-3-10-22-33)34-23-11-4-12-24-34/h1-28H/p+1. The lowest BCUT2D eigenvalue weighted by molar-refractivity contribution is -0.681.